The molecule has 0 aliphatic heterocycles. The summed E-state index contributed by atoms with van der Waals surface area (Å²) in [6.45, 7) is 4.30. The highest BCUT2D eigenvalue weighted by Gasteiger charge is 2.21. The molecule has 0 aliphatic rings. The standard InChI is InChI=1S/C29H29N7O6/c1-5-19-24(42-16(2)31-19)25(37)34-29-33-21-15-18(27(39)41-4)9-11-23(21)36(29)13-7-6-12-35-22-10-8-17(26(38)40-3)14-20(22)32-28(35)30/h6-11,14-15H,5,12-13H2,1-4H3,(H2,30,32)(H,33,34,37)/b7-6+. The van der Waals surface area contributed by atoms with Crippen LogP contribution in [-0.2, 0) is 29.0 Å². The third-order valence-corrected chi connectivity index (χ3v) is 6.68. The van der Waals surface area contributed by atoms with E-state index in [-0.39, 0.29) is 11.7 Å². The molecule has 1 amide bonds. The van der Waals surface area contributed by atoms with Gasteiger partial charge in [-0.2, -0.15) is 0 Å². The molecule has 216 valence electrons. The number of methoxy groups -OCH3 is 2. The Hall–Kier alpha value is -5.46. The van der Waals surface area contributed by atoms with Crippen LogP contribution in [0.5, 0.6) is 0 Å². The number of allylic oxidation sites excluding steroid dienone is 2. The largest absolute Gasteiger partial charge is 0.465 e. The number of carbonyl (C=O) groups is 3. The zero-order chi connectivity index (χ0) is 30.0. The number of amides is 1. The molecule has 0 bridgehead atoms. The maximum Gasteiger partial charge on any atom is 0.337 e. The second-order valence-electron chi connectivity index (χ2n) is 9.30. The first-order valence-electron chi connectivity index (χ1n) is 13.1. The van der Waals surface area contributed by atoms with Crippen molar-refractivity contribution in [2.24, 2.45) is 0 Å². The molecule has 0 saturated heterocycles. The molecule has 13 nitrogen and oxygen atoms in total. The third-order valence-electron chi connectivity index (χ3n) is 6.68. The van der Waals surface area contributed by atoms with Crippen molar-refractivity contribution in [2.45, 2.75) is 33.4 Å². The second-order valence-corrected chi connectivity index (χ2v) is 9.30. The van der Waals surface area contributed by atoms with Crippen molar-refractivity contribution in [3.8, 4) is 0 Å². The van der Waals surface area contributed by atoms with E-state index in [0.29, 0.717) is 64.7 Å². The number of ether oxygens (including phenoxy) is 2. The maximum atomic E-state index is 13.1. The molecule has 0 unspecified atom stereocenters. The van der Waals surface area contributed by atoms with Gasteiger partial charge in [0.1, 0.15) is 0 Å². The minimum atomic E-state index is -0.495. The molecule has 0 saturated carbocycles. The number of rotatable bonds is 9. The van der Waals surface area contributed by atoms with E-state index in [0.717, 1.165) is 5.52 Å². The van der Waals surface area contributed by atoms with Gasteiger partial charge in [0.2, 0.25) is 17.7 Å². The summed E-state index contributed by atoms with van der Waals surface area (Å²) in [6, 6.07) is 10.0. The molecule has 42 heavy (non-hydrogen) atoms. The molecule has 3 aromatic heterocycles. The highest BCUT2D eigenvalue weighted by Crippen LogP contribution is 2.24. The number of fused-ring (bicyclic) bond motifs is 2. The van der Waals surface area contributed by atoms with Gasteiger partial charge in [-0.1, -0.05) is 19.1 Å². The predicted octanol–water partition coefficient (Wildman–Crippen LogP) is 3.91. The van der Waals surface area contributed by atoms with Gasteiger partial charge >= 0.3 is 11.9 Å². The van der Waals surface area contributed by atoms with E-state index < -0.39 is 17.8 Å². The third kappa shape index (κ3) is 5.31. The van der Waals surface area contributed by atoms with Crippen LogP contribution in [0.2, 0.25) is 0 Å². The van der Waals surface area contributed by atoms with E-state index in [9.17, 15) is 14.4 Å². The van der Waals surface area contributed by atoms with Crippen molar-refractivity contribution in [3.63, 3.8) is 0 Å². The number of carbonyl (C=O) groups excluding carboxylic acids is 3. The number of aryl methyl sites for hydroxylation is 2. The number of esters is 2. The summed E-state index contributed by atoms with van der Waals surface area (Å²) in [5.74, 6) is -0.358. The Morgan fingerprint density at radius 2 is 1.48 bits per heavy atom. The van der Waals surface area contributed by atoms with Crippen LogP contribution in [0.1, 0.15) is 49.8 Å². The summed E-state index contributed by atoms with van der Waals surface area (Å²) in [6.07, 6.45) is 4.33. The first-order valence-corrected chi connectivity index (χ1v) is 13.1. The summed E-state index contributed by atoms with van der Waals surface area (Å²) >= 11 is 0. The van der Waals surface area contributed by atoms with Crippen LogP contribution in [0.4, 0.5) is 11.9 Å². The Bertz CT molecular complexity index is 1860. The highest BCUT2D eigenvalue weighted by atomic mass is 16.5. The lowest BCUT2D eigenvalue weighted by Crippen LogP contribution is -2.16. The molecule has 0 atom stereocenters. The van der Waals surface area contributed by atoms with Crippen molar-refractivity contribution in [3.05, 3.63) is 77.0 Å². The zero-order valence-electron chi connectivity index (χ0n) is 23.5. The summed E-state index contributed by atoms with van der Waals surface area (Å²) in [4.78, 5) is 50.3. The monoisotopic (exact) mass is 571 g/mol. The number of aromatic nitrogens is 5. The van der Waals surface area contributed by atoms with Crippen LogP contribution in [-0.4, -0.2) is 56.2 Å². The van der Waals surface area contributed by atoms with Crippen LogP contribution >= 0.6 is 0 Å². The molecule has 0 aliphatic carbocycles. The van der Waals surface area contributed by atoms with Crippen LogP contribution in [0.15, 0.2) is 53.0 Å². The molecule has 3 heterocycles. The highest BCUT2D eigenvalue weighted by molar-refractivity contribution is 6.03. The Morgan fingerprint density at radius 3 is 2.07 bits per heavy atom. The molecular weight excluding hydrogens is 542 g/mol. The van der Waals surface area contributed by atoms with Crippen LogP contribution in [0, 0.1) is 6.92 Å². The van der Waals surface area contributed by atoms with E-state index in [1.807, 2.05) is 23.6 Å². The summed E-state index contributed by atoms with van der Waals surface area (Å²) in [5, 5.41) is 2.83. The number of benzene rings is 2. The number of nitrogen functional groups attached to an aromatic ring is 1. The van der Waals surface area contributed by atoms with Gasteiger partial charge in [0.05, 0.1) is 53.1 Å². The Morgan fingerprint density at radius 1 is 0.905 bits per heavy atom. The van der Waals surface area contributed by atoms with Crippen molar-refractivity contribution in [2.75, 3.05) is 25.3 Å². The summed E-state index contributed by atoms with van der Waals surface area (Å²) < 4.78 is 18.8. The second kappa shape index (κ2) is 11.6. The van der Waals surface area contributed by atoms with Crippen molar-refractivity contribution in [1.29, 1.82) is 0 Å². The number of hydrogen-bond acceptors (Lipinski definition) is 10. The smallest absolute Gasteiger partial charge is 0.337 e. The lowest BCUT2D eigenvalue weighted by atomic mass is 10.2. The van der Waals surface area contributed by atoms with Gasteiger partial charge in [-0.15, -0.1) is 0 Å². The van der Waals surface area contributed by atoms with Gasteiger partial charge < -0.3 is 28.8 Å². The van der Waals surface area contributed by atoms with Crippen molar-refractivity contribution < 1.29 is 28.3 Å². The van der Waals surface area contributed by atoms with E-state index in [2.05, 4.69) is 20.3 Å². The van der Waals surface area contributed by atoms with E-state index in [1.165, 1.54) is 14.2 Å². The Labute approximate surface area is 239 Å². The van der Waals surface area contributed by atoms with Gasteiger partial charge in [-0.25, -0.2) is 24.5 Å². The number of oxazole rings is 1. The molecule has 0 spiro atoms. The molecular formula is C29H29N7O6. The van der Waals surface area contributed by atoms with E-state index in [1.54, 1.807) is 47.9 Å². The fraction of sp³-hybridized carbons (Fsp3) is 0.241. The molecule has 0 fully saturated rings. The maximum absolute atomic E-state index is 13.1. The Kier molecular flexibility index (Phi) is 7.74. The average molecular weight is 572 g/mol. The normalized spacial score (nSPS) is 11.4. The zero-order valence-corrected chi connectivity index (χ0v) is 23.5. The van der Waals surface area contributed by atoms with Gasteiger partial charge in [-0.05, 0) is 42.8 Å². The molecule has 3 N–H and O–H groups in total. The quantitative estimate of drug-likeness (QED) is 0.195. The van der Waals surface area contributed by atoms with Gasteiger partial charge in [0.25, 0.3) is 5.91 Å². The van der Waals surface area contributed by atoms with E-state index >= 15 is 0 Å². The Balaban J connectivity index is 1.43. The minimum Gasteiger partial charge on any atom is -0.465 e. The molecule has 0 radical (unpaired) electrons. The fourth-order valence-corrected chi connectivity index (χ4v) is 4.65. The number of nitrogens with one attached hydrogen (secondary N) is 1. The first kappa shape index (κ1) is 28.1. The van der Waals surface area contributed by atoms with Crippen LogP contribution < -0.4 is 11.1 Å². The number of imidazole rings is 2. The van der Waals surface area contributed by atoms with Gasteiger partial charge in [0.15, 0.2) is 5.89 Å². The predicted molar refractivity (Wildman–Crippen MR) is 154 cm³/mol. The summed E-state index contributed by atoms with van der Waals surface area (Å²) in [5.41, 5.74) is 9.94. The van der Waals surface area contributed by atoms with Crippen LogP contribution in [0.3, 0.4) is 0 Å². The SMILES string of the molecule is CCc1nc(C)oc1C(=O)Nc1nc2cc(C(=O)OC)ccc2n1C/C=C/Cn1c(N)nc2cc(C(=O)OC)ccc21. The number of nitrogens with zero attached hydrogens (tertiary/aromatic N) is 5. The molecule has 5 rings (SSSR count). The van der Waals surface area contributed by atoms with Crippen molar-refractivity contribution >= 4 is 51.8 Å². The topological polar surface area (TPSA) is 169 Å². The average Bonchev–Trinajstić information content (AvgIpc) is 3.65. The fourth-order valence-electron chi connectivity index (χ4n) is 4.65. The number of anilines is 2. The van der Waals surface area contributed by atoms with Crippen molar-refractivity contribution in [1.82, 2.24) is 24.1 Å². The first-order chi connectivity index (χ1) is 20.2. The van der Waals surface area contributed by atoms with E-state index in [4.69, 9.17) is 19.6 Å². The lowest BCUT2D eigenvalue weighted by molar-refractivity contribution is 0.0592. The van der Waals surface area contributed by atoms with Crippen LogP contribution in [0.25, 0.3) is 22.1 Å². The lowest BCUT2D eigenvalue weighted by Gasteiger charge is -2.08. The molecule has 5 aromatic rings. The van der Waals surface area contributed by atoms with Gasteiger partial charge in [0, 0.05) is 20.0 Å². The molecule has 2 aromatic carbocycles. The molecule has 13 heteroatoms. The van der Waals surface area contributed by atoms with Gasteiger partial charge in [-0.3, -0.25) is 10.1 Å². The number of hydrogen-bond donors (Lipinski definition) is 2. The summed E-state index contributed by atoms with van der Waals surface area (Å²) in [7, 11) is 2.63. The number of nitrogens with two attached hydrogens (primary N) is 1. The minimum absolute atomic E-state index is 0.122.